The summed E-state index contributed by atoms with van der Waals surface area (Å²) in [6, 6.07) is 10.6. The number of likely N-dealkylation sites (tertiary alicyclic amines) is 1. The van der Waals surface area contributed by atoms with Gasteiger partial charge in [-0.05, 0) is 62.3 Å². The number of carbonyl (C=O) groups is 1. The first-order chi connectivity index (χ1) is 18.4. The van der Waals surface area contributed by atoms with Crippen molar-refractivity contribution in [1.82, 2.24) is 14.8 Å². The van der Waals surface area contributed by atoms with Crippen molar-refractivity contribution in [2.75, 3.05) is 51.3 Å². The zero-order chi connectivity index (χ0) is 26.8. The van der Waals surface area contributed by atoms with Gasteiger partial charge in [-0.2, -0.15) is 5.26 Å². The van der Waals surface area contributed by atoms with Gasteiger partial charge in [0.1, 0.15) is 18.1 Å². The Morgan fingerprint density at radius 3 is 2.66 bits per heavy atom. The van der Waals surface area contributed by atoms with Crippen LogP contribution in [0.25, 0.3) is 11.1 Å². The van der Waals surface area contributed by atoms with E-state index in [4.69, 9.17) is 9.72 Å². The van der Waals surface area contributed by atoms with Crippen LogP contribution in [0.1, 0.15) is 73.6 Å². The number of nitriles is 1. The van der Waals surface area contributed by atoms with Crippen molar-refractivity contribution in [2.24, 2.45) is 0 Å². The minimum Gasteiger partial charge on any atom is -0.384 e. The molecule has 3 heterocycles. The van der Waals surface area contributed by atoms with Gasteiger partial charge in [-0.3, -0.25) is 9.69 Å². The molecule has 2 atom stereocenters. The lowest BCUT2D eigenvalue weighted by molar-refractivity contribution is -0.134. The van der Waals surface area contributed by atoms with E-state index in [2.05, 4.69) is 34.9 Å². The maximum atomic E-state index is 12.6. The Morgan fingerprint density at radius 1 is 1.24 bits per heavy atom. The monoisotopic (exact) mass is 517 g/mol. The van der Waals surface area contributed by atoms with E-state index in [9.17, 15) is 15.2 Å². The van der Waals surface area contributed by atoms with Crippen LogP contribution in [-0.2, 0) is 9.53 Å². The zero-order valence-electron chi connectivity index (χ0n) is 22.8. The number of aliphatic hydroxyl groups is 1. The third-order valence-electron chi connectivity index (χ3n) is 8.26. The predicted molar refractivity (Wildman–Crippen MR) is 147 cm³/mol. The van der Waals surface area contributed by atoms with Crippen molar-refractivity contribution in [3.8, 4) is 17.2 Å². The quantitative estimate of drug-likeness (QED) is 0.566. The number of anilines is 1. The standard InChI is InChI=1S/C30H39N5O3/c1-20-19-34(14-15-35(20)26(36)11-16-38-3)29-25(18-31)21(2)27(28(32-29)22-9-10-22)23-7-6-8-24(17-23)30(37)33-12-4-5-13-33/h6-8,17,20,22,30,37H,4-5,9-16,19H2,1-3H3/t20-,30?/m1/s1. The lowest BCUT2D eigenvalue weighted by Crippen LogP contribution is -2.54. The molecular formula is C30H39N5O3. The summed E-state index contributed by atoms with van der Waals surface area (Å²) < 4.78 is 5.09. The molecular weight excluding hydrogens is 478 g/mol. The third-order valence-corrected chi connectivity index (χ3v) is 8.26. The van der Waals surface area contributed by atoms with Gasteiger partial charge in [0.05, 0.1) is 24.3 Å². The molecule has 8 nitrogen and oxygen atoms in total. The highest BCUT2D eigenvalue weighted by Gasteiger charge is 2.34. The number of hydrogen-bond acceptors (Lipinski definition) is 7. The van der Waals surface area contributed by atoms with E-state index in [0.717, 1.165) is 72.5 Å². The number of carbonyl (C=O) groups excluding carboxylic acids is 1. The second kappa shape index (κ2) is 11.4. The molecule has 2 saturated heterocycles. The maximum Gasteiger partial charge on any atom is 0.225 e. The number of rotatable bonds is 8. The van der Waals surface area contributed by atoms with E-state index in [0.29, 0.717) is 44.1 Å². The largest absolute Gasteiger partial charge is 0.384 e. The van der Waals surface area contributed by atoms with Crippen LogP contribution in [0.2, 0.25) is 0 Å². The summed E-state index contributed by atoms with van der Waals surface area (Å²) in [5.74, 6) is 1.23. The molecule has 3 fully saturated rings. The summed E-state index contributed by atoms with van der Waals surface area (Å²) in [7, 11) is 1.61. The van der Waals surface area contributed by atoms with Crippen LogP contribution in [0.15, 0.2) is 24.3 Å². The van der Waals surface area contributed by atoms with Crippen LogP contribution in [0.5, 0.6) is 0 Å². The fourth-order valence-corrected chi connectivity index (χ4v) is 6.00. The maximum absolute atomic E-state index is 12.6. The first-order valence-corrected chi connectivity index (χ1v) is 13.9. The number of aliphatic hydroxyl groups excluding tert-OH is 1. The highest BCUT2D eigenvalue weighted by atomic mass is 16.5. The lowest BCUT2D eigenvalue weighted by atomic mass is 9.92. The van der Waals surface area contributed by atoms with Gasteiger partial charge in [-0.1, -0.05) is 18.2 Å². The Balaban J connectivity index is 1.47. The van der Waals surface area contributed by atoms with E-state index in [1.54, 1.807) is 7.11 Å². The van der Waals surface area contributed by atoms with Gasteiger partial charge < -0.3 is 19.6 Å². The Morgan fingerprint density at radius 2 is 2.00 bits per heavy atom. The fourth-order valence-electron chi connectivity index (χ4n) is 6.00. The zero-order valence-corrected chi connectivity index (χ0v) is 22.8. The van der Waals surface area contributed by atoms with Gasteiger partial charge in [-0.15, -0.1) is 0 Å². The summed E-state index contributed by atoms with van der Waals surface area (Å²) in [6.45, 7) is 8.23. The summed E-state index contributed by atoms with van der Waals surface area (Å²) in [5, 5.41) is 21.3. The Kier molecular flexibility index (Phi) is 7.98. The fraction of sp³-hybridized carbons (Fsp3) is 0.567. The van der Waals surface area contributed by atoms with Gasteiger partial charge >= 0.3 is 0 Å². The number of pyridine rings is 1. The second-order valence-electron chi connectivity index (χ2n) is 10.9. The first-order valence-electron chi connectivity index (χ1n) is 13.9. The number of methoxy groups -OCH3 is 1. The predicted octanol–water partition coefficient (Wildman–Crippen LogP) is 3.97. The molecule has 5 rings (SSSR count). The molecule has 3 aliphatic rings. The number of hydrogen-bond donors (Lipinski definition) is 1. The van der Waals surface area contributed by atoms with E-state index < -0.39 is 6.23 Å². The van der Waals surface area contributed by atoms with Gasteiger partial charge in [0.25, 0.3) is 0 Å². The van der Waals surface area contributed by atoms with Crippen molar-refractivity contribution in [2.45, 2.75) is 64.1 Å². The summed E-state index contributed by atoms with van der Waals surface area (Å²) in [4.78, 5) is 24.0. The van der Waals surface area contributed by atoms with Crippen LogP contribution < -0.4 is 4.90 Å². The minimum absolute atomic E-state index is 0.0227. The highest BCUT2D eigenvalue weighted by Crippen LogP contribution is 2.47. The molecule has 1 unspecified atom stereocenters. The minimum atomic E-state index is -0.616. The van der Waals surface area contributed by atoms with E-state index in [1.807, 2.05) is 24.0 Å². The molecule has 1 aromatic carbocycles. The van der Waals surface area contributed by atoms with Crippen molar-refractivity contribution >= 4 is 11.7 Å². The molecule has 8 heteroatoms. The topological polar surface area (TPSA) is 92.9 Å². The molecule has 1 aromatic heterocycles. The molecule has 0 bridgehead atoms. The average molecular weight is 518 g/mol. The molecule has 202 valence electrons. The van der Waals surface area contributed by atoms with Crippen LogP contribution in [0.3, 0.4) is 0 Å². The molecule has 0 radical (unpaired) electrons. The van der Waals surface area contributed by atoms with E-state index in [-0.39, 0.29) is 11.9 Å². The third kappa shape index (κ3) is 5.28. The van der Waals surface area contributed by atoms with Crippen molar-refractivity contribution in [3.05, 3.63) is 46.6 Å². The normalized spacial score (nSPS) is 21.0. The molecule has 1 saturated carbocycles. The number of benzene rings is 1. The molecule has 1 N–H and O–H groups in total. The lowest BCUT2D eigenvalue weighted by Gasteiger charge is -2.41. The molecule has 2 aromatic rings. The summed E-state index contributed by atoms with van der Waals surface area (Å²) in [6.07, 6.45) is 4.19. The number of nitrogens with zero attached hydrogens (tertiary/aromatic N) is 5. The molecule has 38 heavy (non-hydrogen) atoms. The van der Waals surface area contributed by atoms with Crippen LogP contribution in [-0.4, -0.2) is 78.3 Å². The molecule has 2 aliphatic heterocycles. The van der Waals surface area contributed by atoms with Crippen molar-refractivity contribution in [1.29, 1.82) is 5.26 Å². The van der Waals surface area contributed by atoms with Crippen molar-refractivity contribution in [3.63, 3.8) is 0 Å². The summed E-state index contributed by atoms with van der Waals surface area (Å²) >= 11 is 0. The van der Waals surface area contributed by atoms with Crippen molar-refractivity contribution < 1.29 is 14.6 Å². The van der Waals surface area contributed by atoms with Gasteiger partial charge in [-0.25, -0.2) is 4.98 Å². The van der Waals surface area contributed by atoms with E-state index in [1.165, 1.54) is 0 Å². The van der Waals surface area contributed by atoms with Crippen LogP contribution in [0.4, 0.5) is 5.82 Å². The highest BCUT2D eigenvalue weighted by molar-refractivity contribution is 5.79. The average Bonchev–Trinajstić information content (AvgIpc) is 3.63. The van der Waals surface area contributed by atoms with Gasteiger partial charge in [0.2, 0.25) is 5.91 Å². The molecule has 1 aliphatic carbocycles. The SMILES string of the molecule is COCCC(=O)N1CCN(c2nc(C3CC3)c(-c3cccc(C(O)N4CCCC4)c3)c(C)c2C#N)C[C@H]1C. The first kappa shape index (κ1) is 26.6. The van der Waals surface area contributed by atoms with Crippen LogP contribution >= 0.6 is 0 Å². The number of amides is 1. The smallest absolute Gasteiger partial charge is 0.225 e. The van der Waals surface area contributed by atoms with Gasteiger partial charge in [0, 0.05) is 57.4 Å². The number of aromatic nitrogens is 1. The number of ether oxygens (including phenoxy) is 1. The van der Waals surface area contributed by atoms with Crippen LogP contribution in [0, 0.1) is 18.3 Å². The number of piperazine rings is 1. The molecule has 0 spiro atoms. The molecule has 1 amide bonds. The summed E-state index contributed by atoms with van der Waals surface area (Å²) in [5.41, 5.74) is 5.52. The Labute approximate surface area is 225 Å². The Bertz CT molecular complexity index is 1220. The van der Waals surface area contributed by atoms with Gasteiger partial charge in [0.15, 0.2) is 0 Å². The van der Waals surface area contributed by atoms with E-state index >= 15 is 0 Å². The Hall–Kier alpha value is -2.99. The second-order valence-corrected chi connectivity index (χ2v) is 10.9.